The second-order valence-corrected chi connectivity index (χ2v) is 12.8. The maximum Gasteiger partial charge on any atom is 0.315 e. The van der Waals surface area contributed by atoms with Gasteiger partial charge in [-0.1, -0.05) is 24.9 Å². The lowest BCUT2D eigenvalue weighted by molar-refractivity contribution is -0.948. The van der Waals surface area contributed by atoms with Crippen LogP contribution in [-0.4, -0.2) is 51.5 Å². The molecule has 2 aliphatic rings. The number of nitrogens with zero attached hydrogens (tertiary/aromatic N) is 4. The summed E-state index contributed by atoms with van der Waals surface area (Å²) in [5, 5.41) is 5.17. The molecule has 0 atom stereocenters. The molecule has 0 N–H and O–H groups in total. The molecule has 1 fully saturated rings. The normalized spacial score (nSPS) is 21.1. The Morgan fingerprint density at radius 2 is 2.02 bits per heavy atom. The minimum atomic E-state index is -0.537. The van der Waals surface area contributed by atoms with Gasteiger partial charge in [-0.25, -0.2) is 9.37 Å². The molecule has 0 radical (unpaired) electrons. The van der Waals surface area contributed by atoms with Crippen LogP contribution in [0.3, 0.4) is 0 Å². The minimum Gasteiger partial charge on any atom is -0.415 e. The molecule has 9 heteroatoms. The highest BCUT2D eigenvalue weighted by Crippen LogP contribution is 2.36. The highest BCUT2D eigenvalue weighted by atomic mass is 19.1. The summed E-state index contributed by atoms with van der Waals surface area (Å²) in [5.74, 6) is 0.561. The number of ether oxygens (including phenoxy) is 1. The number of piperidine rings is 1. The van der Waals surface area contributed by atoms with Gasteiger partial charge in [0.05, 0.1) is 30.7 Å². The summed E-state index contributed by atoms with van der Waals surface area (Å²) in [5.41, 5.74) is 2.46. The second-order valence-electron chi connectivity index (χ2n) is 12.8. The van der Waals surface area contributed by atoms with E-state index in [0.717, 1.165) is 99.2 Å². The fourth-order valence-corrected chi connectivity index (χ4v) is 6.51. The van der Waals surface area contributed by atoms with Crippen molar-refractivity contribution < 1.29 is 22.9 Å². The van der Waals surface area contributed by atoms with Crippen LogP contribution in [0.2, 0.25) is 0 Å². The average molecular weight is 568 g/mol. The van der Waals surface area contributed by atoms with E-state index in [0.29, 0.717) is 23.0 Å². The van der Waals surface area contributed by atoms with Gasteiger partial charge in [-0.05, 0) is 52.2 Å². The van der Waals surface area contributed by atoms with Crippen molar-refractivity contribution >= 4 is 16.9 Å². The first-order valence-corrected chi connectivity index (χ1v) is 15.3. The van der Waals surface area contributed by atoms with E-state index < -0.39 is 5.41 Å². The number of aryl methyl sites for hydroxylation is 2. The van der Waals surface area contributed by atoms with Gasteiger partial charge >= 0.3 is 5.97 Å². The first-order chi connectivity index (χ1) is 19.6. The van der Waals surface area contributed by atoms with Crippen LogP contribution in [0.4, 0.5) is 4.39 Å². The zero-order valence-electron chi connectivity index (χ0n) is 25.0. The van der Waals surface area contributed by atoms with Crippen molar-refractivity contribution in [2.24, 2.45) is 5.41 Å². The first-order valence-electron chi connectivity index (χ1n) is 15.3. The lowest BCUT2D eigenvalue weighted by atomic mass is 9.87. The predicted molar refractivity (Wildman–Crippen MR) is 155 cm³/mol. The molecule has 2 aromatic heterocycles. The Labute approximate surface area is 241 Å². The van der Waals surface area contributed by atoms with Gasteiger partial charge in [-0.3, -0.25) is 18.6 Å². The molecule has 0 unspecified atom stereocenters. The van der Waals surface area contributed by atoms with E-state index >= 15 is 0 Å². The quantitative estimate of drug-likeness (QED) is 0.227. The molecule has 222 valence electrons. The molecule has 1 aromatic carbocycles. The van der Waals surface area contributed by atoms with E-state index in [1.165, 1.54) is 12.1 Å². The fourth-order valence-electron chi connectivity index (χ4n) is 6.51. The number of carbonyl (C=O) groups is 1. The molecule has 0 aliphatic carbocycles. The van der Waals surface area contributed by atoms with Crippen molar-refractivity contribution in [2.75, 3.05) is 26.4 Å². The monoisotopic (exact) mass is 567 g/mol. The van der Waals surface area contributed by atoms with Crippen LogP contribution in [0.5, 0.6) is 0 Å². The summed E-state index contributed by atoms with van der Waals surface area (Å²) < 4.78 is 27.7. The van der Waals surface area contributed by atoms with Crippen LogP contribution in [0.1, 0.15) is 94.4 Å². The average Bonchev–Trinajstić information content (AvgIpc) is 3.38. The van der Waals surface area contributed by atoms with E-state index in [1.807, 2.05) is 25.3 Å². The van der Waals surface area contributed by atoms with Crippen LogP contribution >= 0.6 is 0 Å². The molecule has 0 spiro atoms. The van der Waals surface area contributed by atoms with Crippen molar-refractivity contribution in [1.82, 2.24) is 14.7 Å². The number of quaternary nitrogens is 1. The first kappa shape index (κ1) is 29.4. The third-order valence-electron chi connectivity index (χ3n) is 9.35. The highest BCUT2D eigenvalue weighted by Gasteiger charge is 2.39. The lowest BCUT2D eigenvalue weighted by Crippen LogP contribution is -2.56. The zero-order valence-corrected chi connectivity index (χ0v) is 25.0. The van der Waals surface area contributed by atoms with Gasteiger partial charge in [0.2, 0.25) is 6.73 Å². The summed E-state index contributed by atoms with van der Waals surface area (Å²) in [6.07, 6.45) is 7.98. The maximum absolute atomic E-state index is 13.7. The molecule has 0 bridgehead atoms. The van der Waals surface area contributed by atoms with Crippen molar-refractivity contribution in [3.8, 4) is 0 Å². The molecule has 8 nitrogen and oxygen atoms in total. The summed E-state index contributed by atoms with van der Waals surface area (Å²) in [7, 11) is 0. The third-order valence-corrected chi connectivity index (χ3v) is 9.35. The Morgan fingerprint density at radius 3 is 2.78 bits per heavy atom. The van der Waals surface area contributed by atoms with Gasteiger partial charge < -0.3 is 9.26 Å². The Bertz CT molecular complexity index is 1450. The number of rotatable bonds is 10. The number of hydrogen-bond acceptors (Lipinski definition) is 6. The Balaban J connectivity index is 1.35. The Morgan fingerprint density at radius 1 is 1.24 bits per heavy atom. The maximum atomic E-state index is 13.7. The summed E-state index contributed by atoms with van der Waals surface area (Å²) in [4.78, 5) is 31.4. The highest BCUT2D eigenvalue weighted by molar-refractivity contribution is 5.80. The van der Waals surface area contributed by atoms with Gasteiger partial charge in [-0.2, -0.15) is 0 Å². The van der Waals surface area contributed by atoms with Gasteiger partial charge in [-0.15, -0.1) is 0 Å². The summed E-state index contributed by atoms with van der Waals surface area (Å²) in [6, 6.07) is 4.56. The number of carbonyl (C=O) groups excluding carboxylic acids is 1. The van der Waals surface area contributed by atoms with Crippen molar-refractivity contribution in [2.45, 2.75) is 97.9 Å². The molecule has 3 aromatic rings. The number of hydrogen-bond donors (Lipinski definition) is 0. The summed E-state index contributed by atoms with van der Waals surface area (Å²) >= 11 is 0. The number of esters is 1. The van der Waals surface area contributed by atoms with E-state index in [4.69, 9.17) is 14.2 Å². The Hall–Kier alpha value is -3.07. The number of fused-ring (bicyclic) bond motifs is 2. The van der Waals surface area contributed by atoms with Gasteiger partial charge in [0.15, 0.2) is 5.58 Å². The largest absolute Gasteiger partial charge is 0.415 e. The van der Waals surface area contributed by atoms with Crippen LogP contribution < -0.4 is 5.56 Å². The number of unbranched alkanes of at least 4 members (excludes halogenated alkanes) is 1. The molecule has 5 rings (SSSR count). The van der Waals surface area contributed by atoms with Crippen molar-refractivity contribution in [3.63, 3.8) is 0 Å². The lowest BCUT2D eigenvalue weighted by Gasteiger charge is -2.43. The van der Waals surface area contributed by atoms with E-state index in [2.05, 4.69) is 12.1 Å². The molecule has 41 heavy (non-hydrogen) atoms. The van der Waals surface area contributed by atoms with E-state index in [1.54, 1.807) is 6.07 Å². The third kappa shape index (κ3) is 6.25. The number of aromatic nitrogens is 3. The van der Waals surface area contributed by atoms with E-state index in [-0.39, 0.29) is 30.0 Å². The molecule has 0 saturated carbocycles. The van der Waals surface area contributed by atoms with Crippen LogP contribution in [0.25, 0.3) is 11.0 Å². The SMILES string of the molecule is CCCCC(C)(C)C(=O)OC[N+]1(CCc2c(C)nc3n(c2=O)CCCC3)CCC(c2noc3cc(F)ccc23)CC1. The standard InChI is InChI=1S/C32H44FN4O4/c1-5-6-15-32(3,4)31(39)40-21-37(19-14-25-22(2)34-28-9-7-8-16-36(28)30(25)38)17-12-23(13-18-37)29-26-11-10-24(33)20-27(26)41-35-29/h10-11,20,23H,5-9,12-19,21H2,1-4H3/q+1. The van der Waals surface area contributed by atoms with Crippen molar-refractivity contribution in [1.29, 1.82) is 0 Å². The Kier molecular flexibility index (Phi) is 8.64. The zero-order chi connectivity index (χ0) is 29.2. The van der Waals surface area contributed by atoms with Gasteiger partial charge in [0.25, 0.3) is 5.56 Å². The predicted octanol–water partition coefficient (Wildman–Crippen LogP) is 5.82. The number of halogens is 1. The van der Waals surface area contributed by atoms with Crippen molar-refractivity contribution in [3.05, 3.63) is 57.1 Å². The molecule has 4 heterocycles. The fraction of sp³-hybridized carbons (Fsp3) is 0.625. The van der Waals surface area contributed by atoms with Crippen LogP contribution in [-0.2, 0) is 28.9 Å². The molecule has 2 aliphatic heterocycles. The number of benzene rings is 1. The van der Waals surface area contributed by atoms with Gasteiger partial charge in [0.1, 0.15) is 11.6 Å². The van der Waals surface area contributed by atoms with Crippen LogP contribution in [0, 0.1) is 18.2 Å². The molecule has 1 saturated heterocycles. The topological polar surface area (TPSA) is 87.2 Å². The van der Waals surface area contributed by atoms with E-state index in [9.17, 15) is 14.0 Å². The molecular weight excluding hydrogens is 523 g/mol. The number of likely N-dealkylation sites (tertiary alicyclic amines) is 1. The van der Waals surface area contributed by atoms with Crippen LogP contribution in [0.15, 0.2) is 27.5 Å². The summed E-state index contributed by atoms with van der Waals surface area (Å²) in [6.45, 7) is 11.3. The second kappa shape index (κ2) is 12.0. The molecule has 0 amide bonds. The smallest absolute Gasteiger partial charge is 0.315 e. The minimum absolute atomic E-state index is 0.0826. The van der Waals surface area contributed by atoms with Gasteiger partial charge in [0, 0.05) is 60.9 Å². The molecular formula is C32H44FN4O4+.